The molecule has 22 heavy (non-hydrogen) atoms. The lowest BCUT2D eigenvalue weighted by Gasteiger charge is -2.05. The number of nitrogens with zero attached hydrogens (tertiary/aromatic N) is 2. The Morgan fingerprint density at radius 2 is 1.91 bits per heavy atom. The minimum Gasteiger partial charge on any atom is -0.482 e. The Hall–Kier alpha value is -2.04. The van der Waals surface area contributed by atoms with E-state index in [1.807, 2.05) is 31.2 Å². The lowest BCUT2D eigenvalue weighted by Crippen LogP contribution is -1.96. The van der Waals surface area contributed by atoms with Crippen LogP contribution < -0.4 is 4.74 Å². The first-order valence-corrected chi connectivity index (χ1v) is 7.35. The number of hydrogen-bond donors (Lipinski definition) is 0. The highest BCUT2D eigenvalue weighted by atomic mass is 35.5. The predicted octanol–water partition coefficient (Wildman–Crippen LogP) is 4.93. The maximum Gasteiger partial charge on any atom is 0.254 e. The van der Waals surface area contributed by atoms with Crippen LogP contribution in [0.15, 0.2) is 46.9 Å². The van der Waals surface area contributed by atoms with E-state index in [1.54, 1.807) is 18.2 Å². The first-order chi connectivity index (χ1) is 10.6. The summed E-state index contributed by atoms with van der Waals surface area (Å²) in [5, 5.41) is 9.02. The van der Waals surface area contributed by atoms with E-state index >= 15 is 0 Å². The Bertz CT molecular complexity index is 802. The van der Waals surface area contributed by atoms with Crippen LogP contribution >= 0.6 is 23.2 Å². The van der Waals surface area contributed by atoms with Crippen LogP contribution in [0.5, 0.6) is 5.75 Å². The zero-order chi connectivity index (χ0) is 15.5. The fourth-order valence-electron chi connectivity index (χ4n) is 1.97. The van der Waals surface area contributed by atoms with Crippen molar-refractivity contribution in [3.8, 4) is 17.2 Å². The van der Waals surface area contributed by atoms with Gasteiger partial charge in [0.15, 0.2) is 6.61 Å². The van der Waals surface area contributed by atoms with Crippen molar-refractivity contribution in [1.82, 2.24) is 10.2 Å². The van der Waals surface area contributed by atoms with Crippen molar-refractivity contribution in [2.24, 2.45) is 0 Å². The maximum atomic E-state index is 6.04. The van der Waals surface area contributed by atoms with E-state index in [0.717, 1.165) is 11.1 Å². The third-order valence-electron chi connectivity index (χ3n) is 3.09. The molecule has 6 heteroatoms. The van der Waals surface area contributed by atoms with Gasteiger partial charge in [-0.05, 0) is 36.8 Å². The van der Waals surface area contributed by atoms with E-state index in [4.69, 9.17) is 32.4 Å². The van der Waals surface area contributed by atoms with E-state index in [9.17, 15) is 0 Å². The molecule has 0 aliphatic carbocycles. The molecule has 4 nitrogen and oxygen atoms in total. The van der Waals surface area contributed by atoms with Crippen molar-refractivity contribution < 1.29 is 9.15 Å². The maximum absolute atomic E-state index is 6.04. The fourth-order valence-corrected chi connectivity index (χ4v) is 2.43. The Labute approximate surface area is 137 Å². The standard InChI is InChI=1S/C16H12Cl2N2O2/c1-10-4-2-3-5-12(10)16-20-19-15(22-16)9-21-14-7-6-11(17)8-13(14)18/h2-8H,9H2,1H3. The van der Waals surface area contributed by atoms with Crippen molar-refractivity contribution in [2.45, 2.75) is 13.5 Å². The second-order valence-electron chi connectivity index (χ2n) is 4.68. The molecule has 0 aliphatic heterocycles. The van der Waals surface area contributed by atoms with Crippen LogP contribution in [0.2, 0.25) is 10.0 Å². The van der Waals surface area contributed by atoms with Gasteiger partial charge < -0.3 is 9.15 Å². The second kappa shape index (κ2) is 6.38. The monoisotopic (exact) mass is 334 g/mol. The van der Waals surface area contributed by atoms with Crippen LogP contribution in [0.3, 0.4) is 0 Å². The van der Waals surface area contributed by atoms with Crippen molar-refractivity contribution in [2.75, 3.05) is 0 Å². The fraction of sp³-hybridized carbons (Fsp3) is 0.125. The number of rotatable bonds is 4. The van der Waals surface area contributed by atoms with Crippen molar-refractivity contribution in [3.05, 3.63) is 64.0 Å². The molecule has 0 aliphatic rings. The van der Waals surface area contributed by atoms with Gasteiger partial charge in [0.2, 0.25) is 5.89 Å². The van der Waals surface area contributed by atoms with Gasteiger partial charge in [0.1, 0.15) is 5.75 Å². The van der Waals surface area contributed by atoms with Crippen LogP contribution in [0, 0.1) is 6.92 Å². The molecule has 3 rings (SSSR count). The molecule has 0 saturated heterocycles. The zero-order valence-electron chi connectivity index (χ0n) is 11.7. The van der Waals surface area contributed by atoms with Gasteiger partial charge in [0.25, 0.3) is 5.89 Å². The van der Waals surface area contributed by atoms with Gasteiger partial charge in [-0.25, -0.2) is 0 Å². The molecule has 0 saturated carbocycles. The number of aryl methyl sites for hydroxylation is 1. The molecule has 0 unspecified atom stereocenters. The molecule has 0 fully saturated rings. The molecule has 1 aromatic heterocycles. The number of hydrogen-bond acceptors (Lipinski definition) is 4. The smallest absolute Gasteiger partial charge is 0.254 e. The molecule has 0 amide bonds. The van der Waals surface area contributed by atoms with E-state index in [0.29, 0.717) is 27.6 Å². The normalized spacial score (nSPS) is 10.7. The second-order valence-corrected chi connectivity index (χ2v) is 5.52. The third-order valence-corrected chi connectivity index (χ3v) is 3.62. The molecule has 1 heterocycles. The Morgan fingerprint density at radius 3 is 2.68 bits per heavy atom. The minimum atomic E-state index is 0.139. The van der Waals surface area contributed by atoms with E-state index in [2.05, 4.69) is 10.2 Å². The summed E-state index contributed by atoms with van der Waals surface area (Å²) in [6.45, 7) is 2.13. The molecule has 3 aromatic rings. The summed E-state index contributed by atoms with van der Waals surface area (Å²) in [5.74, 6) is 1.37. The van der Waals surface area contributed by atoms with Gasteiger partial charge in [0, 0.05) is 10.6 Å². The molecular weight excluding hydrogens is 323 g/mol. The van der Waals surface area contributed by atoms with Crippen LogP contribution in [0.1, 0.15) is 11.5 Å². The van der Waals surface area contributed by atoms with Gasteiger partial charge in [-0.2, -0.15) is 0 Å². The van der Waals surface area contributed by atoms with Crippen LogP contribution in [0.25, 0.3) is 11.5 Å². The topological polar surface area (TPSA) is 48.2 Å². The summed E-state index contributed by atoms with van der Waals surface area (Å²) < 4.78 is 11.2. The molecule has 112 valence electrons. The largest absolute Gasteiger partial charge is 0.482 e. The third kappa shape index (κ3) is 3.24. The number of aromatic nitrogens is 2. The summed E-state index contributed by atoms with van der Waals surface area (Å²) in [6, 6.07) is 12.8. The average Bonchev–Trinajstić information content (AvgIpc) is 2.95. The lowest BCUT2D eigenvalue weighted by atomic mass is 10.1. The Kier molecular flexibility index (Phi) is 4.32. The zero-order valence-corrected chi connectivity index (χ0v) is 13.2. The minimum absolute atomic E-state index is 0.139. The van der Waals surface area contributed by atoms with Gasteiger partial charge in [-0.3, -0.25) is 0 Å². The Morgan fingerprint density at radius 1 is 1.09 bits per heavy atom. The molecule has 0 radical (unpaired) electrons. The molecule has 0 bridgehead atoms. The molecule has 2 aromatic carbocycles. The van der Waals surface area contributed by atoms with Crippen LogP contribution in [-0.2, 0) is 6.61 Å². The molecule has 0 atom stereocenters. The molecule has 0 N–H and O–H groups in total. The summed E-state index contributed by atoms with van der Waals surface area (Å²) in [6.07, 6.45) is 0. The van der Waals surface area contributed by atoms with Crippen molar-refractivity contribution >= 4 is 23.2 Å². The highest BCUT2D eigenvalue weighted by Crippen LogP contribution is 2.28. The summed E-state index contributed by atoms with van der Waals surface area (Å²) in [7, 11) is 0. The van der Waals surface area contributed by atoms with Crippen LogP contribution in [-0.4, -0.2) is 10.2 Å². The summed E-state index contributed by atoms with van der Waals surface area (Å²) in [5.41, 5.74) is 1.98. The van der Waals surface area contributed by atoms with Crippen LogP contribution in [0.4, 0.5) is 0 Å². The quantitative estimate of drug-likeness (QED) is 0.678. The number of halogens is 2. The molecular formula is C16H12Cl2N2O2. The summed E-state index contributed by atoms with van der Waals surface area (Å²) >= 11 is 11.9. The molecule has 0 spiro atoms. The van der Waals surface area contributed by atoms with Gasteiger partial charge in [-0.15, -0.1) is 10.2 Å². The van der Waals surface area contributed by atoms with E-state index in [1.165, 1.54) is 0 Å². The van der Waals surface area contributed by atoms with Gasteiger partial charge >= 0.3 is 0 Å². The van der Waals surface area contributed by atoms with Gasteiger partial charge in [0.05, 0.1) is 5.02 Å². The van der Waals surface area contributed by atoms with Gasteiger partial charge in [-0.1, -0.05) is 41.4 Å². The van der Waals surface area contributed by atoms with Crippen molar-refractivity contribution in [3.63, 3.8) is 0 Å². The number of ether oxygens (including phenoxy) is 1. The van der Waals surface area contributed by atoms with Crippen molar-refractivity contribution in [1.29, 1.82) is 0 Å². The van der Waals surface area contributed by atoms with E-state index in [-0.39, 0.29) is 6.61 Å². The predicted molar refractivity (Wildman–Crippen MR) is 85.3 cm³/mol. The van der Waals surface area contributed by atoms with E-state index < -0.39 is 0 Å². The average molecular weight is 335 g/mol. The highest BCUT2D eigenvalue weighted by Gasteiger charge is 2.11. The lowest BCUT2D eigenvalue weighted by molar-refractivity contribution is 0.264. The number of benzene rings is 2. The first kappa shape index (κ1) is 14.9. The first-order valence-electron chi connectivity index (χ1n) is 6.60. The SMILES string of the molecule is Cc1ccccc1-c1nnc(COc2ccc(Cl)cc2Cl)o1. The highest BCUT2D eigenvalue weighted by molar-refractivity contribution is 6.35. The summed E-state index contributed by atoms with van der Waals surface area (Å²) in [4.78, 5) is 0. The Balaban J connectivity index is 1.74.